The molecule has 0 fully saturated rings. The molecule has 0 aliphatic heterocycles. The number of halogens is 2. The number of aliphatic hydroxyl groups excluding tert-OH is 1. The van der Waals surface area contributed by atoms with Gasteiger partial charge in [-0.05, 0) is 47.5 Å². The van der Waals surface area contributed by atoms with Crippen molar-refractivity contribution >= 4 is 28.9 Å². The third kappa shape index (κ3) is 4.09. The number of benzene rings is 3. The van der Waals surface area contributed by atoms with E-state index in [0.717, 1.165) is 16.8 Å². The van der Waals surface area contributed by atoms with Crippen molar-refractivity contribution in [1.82, 2.24) is 0 Å². The highest BCUT2D eigenvalue weighted by atomic mass is 35.5. The zero-order valence-electron chi connectivity index (χ0n) is 12.9. The fourth-order valence-electron chi connectivity index (χ4n) is 2.58. The maximum absolute atomic E-state index is 10.9. The molecule has 0 radical (unpaired) electrons. The lowest BCUT2D eigenvalue weighted by Crippen LogP contribution is -2.19. The van der Waals surface area contributed by atoms with E-state index < -0.39 is 6.10 Å². The highest BCUT2D eigenvalue weighted by Gasteiger charge is 2.22. The van der Waals surface area contributed by atoms with Gasteiger partial charge in [0, 0.05) is 15.7 Å². The molecule has 0 heterocycles. The van der Waals surface area contributed by atoms with E-state index in [4.69, 9.17) is 23.2 Å². The third-order valence-electron chi connectivity index (χ3n) is 3.85. The molecule has 3 aromatic rings. The van der Waals surface area contributed by atoms with Crippen LogP contribution >= 0.6 is 23.2 Å². The lowest BCUT2D eigenvalue weighted by atomic mass is 9.95. The molecule has 2 nitrogen and oxygen atoms in total. The van der Waals surface area contributed by atoms with Crippen molar-refractivity contribution in [3.05, 3.63) is 100 Å². The summed E-state index contributed by atoms with van der Waals surface area (Å²) in [5.41, 5.74) is 2.68. The van der Waals surface area contributed by atoms with Gasteiger partial charge >= 0.3 is 0 Å². The Bertz CT molecular complexity index is 773. The van der Waals surface area contributed by atoms with Gasteiger partial charge in [0.1, 0.15) is 6.10 Å². The summed E-state index contributed by atoms with van der Waals surface area (Å²) in [5, 5.41) is 15.6. The predicted molar refractivity (Wildman–Crippen MR) is 101 cm³/mol. The number of hydrogen-bond acceptors (Lipinski definition) is 2. The standard InChI is InChI=1S/C20H17Cl2NO/c21-16-10-6-14(7-11-16)19(23-18-4-2-1-3-5-18)20(24)15-8-12-17(22)13-9-15/h1-13,19-20,23-24H. The van der Waals surface area contributed by atoms with Crippen LogP contribution in [0.15, 0.2) is 78.9 Å². The van der Waals surface area contributed by atoms with Crippen LogP contribution in [0.1, 0.15) is 23.3 Å². The van der Waals surface area contributed by atoms with Gasteiger partial charge in [0.2, 0.25) is 0 Å². The molecule has 0 saturated carbocycles. The molecule has 0 bridgehead atoms. The Labute approximate surface area is 151 Å². The number of hydrogen-bond donors (Lipinski definition) is 2. The van der Waals surface area contributed by atoms with E-state index in [-0.39, 0.29) is 6.04 Å². The Hall–Kier alpha value is -2.00. The summed E-state index contributed by atoms with van der Waals surface area (Å²) < 4.78 is 0. The molecule has 0 amide bonds. The van der Waals surface area contributed by atoms with Crippen molar-refractivity contribution in [2.45, 2.75) is 12.1 Å². The van der Waals surface area contributed by atoms with Crippen LogP contribution in [-0.4, -0.2) is 5.11 Å². The zero-order valence-corrected chi connectivity index (χ0v) is 14.4. The van der Waals surface area contributed by atoms with Gasteiger partial charge in [0.05, 0.1) is 6.04 Å². The first-order valence-electron chi connectivity index (χ1n) is 7.64. The predicted octanol–water partition coefficient (Wildman–Crippen LogP) is 5.88. The minimum absolute atomic E-state index is 0.314. The smallest absolute Gasteiger partial charge is 0.103 e. The summed E-state index contributed by atoms with van der Waals surface area (Å²) in [6, 6.07) is 24.2. The van der Waals surface area contributed by atoms with Crippen molar-refractivity contribution in [3.63, 3.8) is 0 Å². The molecule has 0 aliphatic rings. The lowest BCUT2D eigenvalue weighted by Gasteiger charge is -2.26. The van der Waals surface area contributed by atoms with Gasteiger partial charge in [0.15, 0.2) is 0 Å². The first-order valence-corrected chi connectivity index (χ1v) is 8.39. The van der Waals surface area contributed by atoms with Gasteiger partial charge in [0.25, 0.3) is 0 Å². The molecule has 0 aromatic heterocycles. The lowest BCUT2D eigenvalue weighted by molar-refractivity contribution is 0.155. The Balaban J connectivity index is 1.94. The van der Waals surface area contributed by atoms with E-state index in [9.17, 15) is 5.11 Å². The Morgan fingerprint density at radius 2 is 1.17 bits per heavy atom. The molecule has 0 saturated heterocycles. The molecule has 0 spiro atoms. The van der Waals surface area contributed by atoms with E-state index in [2.05, 4.69) is 5.32 Å². The number of rotatable bonds is 5. The van der Waals surface area contributed by atoms with E-state index in [0.29, 0.717) is 10.0 Å². The highest BCUT2D eigenvalue weighted by molar-refractivity contribution is 6.30. The summed E-state index contributed by atoms with van der Waals surface area (Å²) in [6.45, 7) is 0. The summed E-state index contributed by atoms with van der Waals surface area (Å²) in [5.74, 6) is 0. The zero-order chi connectivity index (χ0) is 16.9. The van der Waals surface area contributed by atoms with Crippen molar-refractivity contribution in [3.8, 4) is 0 Å². The van der Waals surface area contributed by atoms with E-state index >= 15 is 0 Å². The average Bonchev–Trinajstić information content (AvgIpc) is 2.62. The first-order chi connectivity index (χ1) is 11.6. The number of nitrogens with one attached hydrogen (secondary N) is 1. The van der Waals surface area contributed by atoms with Crippen LogP contribution in [0.2, 0.25) is 10.0 Å². The molecule has 2 unspecified atom stereocenters. The van der Waals surface area contributed by atoms with Gasteiger partial charge in [-0.25, -0.2) is 0 Å². The molecule has 3 rings (SSSR count). The van der Waals surface area contributed by atoms with Gasteiger partial charge < -0.3 is 10.4 Å². The maximum atomic E-state index is 10.9. The van der Waals surface area contributed by atoms with E-state index in [1.54, 1.807) is 12.1 Å². The number of para-hydroxylation sites is 1. The molecule has 4 heteroatoms. The molecular weight excluding hydrogens is 341 g/mol. The average molecular weight is 358 g/mol. The largest absolute Gasteiger partial charge is 0.386 e. The van der Waals surface area contributed by atoms with Crippen LogP contribution in [0.3, 0.4) is 0 Å². The van der Waals surface area contributed by atoms with E-state index in [1.165, 1.54) is 0 Å². The topological polar surface area (TPSA) is 32.3 Å². The highest BCUT2D eigenvalue weighted by Crippen LogP contribution is 2.33. The fraction of sp³-hybridized carbons (Fsp3) is 0.100. The van der Waals surface area contributed by atoms with Crippen molar-refractivity contribution in [2.24, 2.45) is 0 Å². The minimum atomic E-state index is -0.733. The van der Waals surface area contributed by atoms with E-state index in [1.807, 2.05) is 66.7 Å². The first kappa shape index (κ1) is 16.8. The molecule has 2 atom stereocenters. The maximum Gasteiger partial charge on any atom is 0.103 e. The van der Waals surface area contributed by atoms with Gasteiger partial charge in [-0.1, -0.05) is 65.7 Å². The van der Waals surface area contributed by atoms with Crippen molar-refractivity contribution in [1.29, 1.82) is 0 Å². The SMILES string of the molecule is OC(c1ccc(Cl)cc1)C(Nc1ccccc1)c1ccc(Cl)cc1. The fourth-order valence-corrected chi connectivity index (χ4v) is 2.83. The molecule has 3 aromatic carbocycles. The van der Waals surface area contributed by atoms with Crippen LogP contribution in [0.4, 0.5) is 5.69 Å². The second kappa shape index (κ2) is 7.71. The van der Waals surface area contributed by atoms with Crippen molar-refractivity contribution < 1.29 is 5.11 Å². The van der Waals surface area contributed by atoms with Crippen LogP contribution < -0.4 is 5.32 Å². The second-order valence-electron chi connectivity index (χ2n) is 5.54. The van der Waals surface area contributed by atoms with Gasteiger partial charge in [-0.2, -0.15) is 0 Å². The number of aliphatic hydroxyl groups is 1. The monoisotopic (exact) mass is 357 g/mol. The quantitative estimate of drug-likeness (QED) is 0.597. The Morgan fingerprint density at radius 1 is 0.667 bits per heavy atom. The minimum Gasteiger partial charge on any atom is -0.386 e. The van der Waals surface area contributed by atoms with Crippen LogP contribution in [0.25, 0.3) is 0 Å². The van der Waals surface area contributed by atoms with Crippen LogP contribution in [0, 0.1) is 0 Å². The Kier molecular flexibility index (Phi) is 5.41. The van der Waals surface area contributed by atoms with Gasteiger partial charge in [-0.15, -0.1) is 0 Å². The van der Waals surface area contributed by atoms with Gasteiger partial charge in [-0.3, -0.25) is 0 Å². The molecule has 0 aliphatic carbocycles. The normalized spacial score (nSPS) is 13.3. The second-order valence-corrected chi connectivity index (χ2v) is 6.41. The summed E-state index contributed by atoms with van der Waals surface area (Å²) in [7, 11) is 0. The molecule has 24 heavy (non-hydrogen) atoms. The van der Waals surface area contributed by atoms with Crippen LogP contribution in [-0.2, 0) is 0 Å². The summed E-state index contributed by atoms with van der Waals surface area (Å²) in [4.78, 5) is 0. The van der Waals surface area contributed by atoms with Crippen LogP contribution in [0.5, 0.6) is 0 Å². The summed E-state index contributed by atoms with van der Waals surface area (Å²) in [6.07, 6.45) is -0.733. The molecular formula is C20H17Cl2NO. The van der Waals surface area contributed by atoms with Crippen molar-refractivity contribution in [2.75, 3.05) is 5.32 Å². The summed E-state index contributed by atoms with van der Waals surface area (Å²) >= 11 is 11.9. The number of anilines is 1. The molecule has 2 N–H and O–H groups in total. The Morgan fingerprint density at radius 3 is 1.71 bits per heavy atom. The third-order valence-corrected chi connectivity index (χ3v) is 4.36. The molecule has 122 valence electrons.